The molecule has 0 radical (unpaired) electrons. The van der Waals surface area contributed by atoms with Crippen molar-refractivity contribution in [3.05, 3.63) is 70.3 Å². The van der Waals surface area contributed by atoms with Crippen LogP contribution in [0.4, 0.5) is 10.2 Å². The number of halogens is 1. The zero-order valence-electron chi connectivity index (χ0n) is 10.9. The van der Waals surface area contributed by atoms with Gasteiger partial charge in [-0.15, -0.1) is 0 Å². The number of fused-ring (bicyclic) bond motifs is 1. The van der Waals surface area contributed by atoms with E-state index in [9.17, 15) is 9.18 Å². The van der Waals surface area contributed by atoms with E-state index in [-0.39, 0.29) is 16.9 Å². The molecule has 0 saturated heterocycles. The Morgan fingerprint density at radius 1 is 1.14 bits per heavy atom. The molecule has 0 aliphatic carbocycles. The molecule has 0 atom stereocenters. The highest BCUT2D eigenvalue weighted by molar-refractivity contribution is 5.84. The fourth-order valence-corrected chi connectivity index (χ4v) is 2.28. The molecule has 3 rings (SSSR count). The number of anilines is 1. The number of nitriles is 1. The lowest BCUT2D eigenvalue weighted by Gasteiger charge is -2.11. The van der Waals surface area contributed by atoms with Crippen LogP contribution in [0.3, 0.4) is 0 Å². The second-order valence-corrected chi connectivity index (χ2v) is 4.57. The lowest BCUT2D eigenvalue weighted by atomic mass is 10.1. The van der Waals surface area contributed by atoms with Crippen molar-refractivity contribution in [3.8, 4) is 11.8 Å². The topological polar surface area (TPSA) is 71.8 Å². The number of benzene rings is 2. The Morgan fingerprint density at radius 2 is 1.90 bits per heavy atom. The minimum atomic E-state index is -0.631. The molecule has 0 fully saturated rings. The normalized spacial score (nSPS) is 10.5. The van der Waals surface area contributed by atoms with E-state index in [2.05, 4.69) is 0 Å². The molecule has 2 N–H and O–H groups in total. The zero-order valence-corrected chi connectivity index (χ0v) is 10.9. The van der Waals surface area contributed by atoms with Crippen molar-refractivity contribution in [2.24, 2.45) is 0 Å². The summed E-state index contributed by atoms with van der Waals surface area (Å²) in [6.45, 7) is 0. The van der Waals surface area contributed by atoms with Crippen LogP contribution in [0.25, 0.3) is 16.5 Å². The summed E-state index contributed by atoms with van der Waals surface area (Å²) >= 11 is 0. The monoisotopic (exact) mass is 279 g/mol. The van der Waals surface area contributed by atoms with Gasteiger partial charge in [-0.3, -0.25) is 9.36 Å². The molecule has 0 spiro atoms. The standard InChI is InChI=1S/C16H10FN3O/c17-14-6-5-12(7-11(14)9-18)20-15(19)8-10-3-1-2-4-13(10)16(20)21/h1-8H,19H2. The number of nitrogen functional groups attached to an aromatic ring is 1. The van der Waals surface area contributed by atoms with Gasteiger partial charge in [-0.25, -0.2) is 4.39 Å². The highest BCUT2D eigenvalue weighted by Gasteiger charge is 2.11. The van der Waals surface area contributed by atoms with E-state index >= 15 is 0 Å². The molecule has 2 aromatic carbocycles. The van der Waals surface area contributed by atoms with Gasteiger partial charge in [-0.05, 0) is 35.7 Å². The van der Waals surface area contributed by atoms with Gasteiger partial charge in [0.05, 0.1) is 11.3 Å². The summed E-state index contributed by atoms with van der Waals surface area (Å²) in [5, 5.41) is 10.1. The number of nitrogens with zero attached hydrogens (tertiary/aromatic N) is 2. The highest BCUT2D eigenvalue weighted by atomic mass is 19.1. The van der Waals surface area contributed by atoms with Crippen LogP contribution in [0.1, 0.15) is 5.56 Å². The van der Waals surface area contributed by atoms with Crippen molar-refractivity contribution in [3.63, 3.8) is 0 Å². The van der Waals surface area contributed by atoms with E-state index in [0.717, 1.165) is 11.5 Å². The van der Waals surface area contributed by atoms with Gasteiger partial charge in [-0.2, -0.15) is 5.26 Å². The van der Waals surface area contributed by atoms with E-state index in [1.807, 2.05) is 6.07 Å². The van der Waals surface area contributed by atoms with E-state index < -0.39 is 5.82 Å². The summed E-state index contributed by atoms with van der Waals surface area (Å²) < 4.78 is 14.7. The van der Waals surface area contributed by atoms with E-state index in [1.54, 1.807) is 30.3 Å². The fraction of sp³-hybridized carbons (Fsp3) is 0. The van der Waals surface area contributed by atoms with Crippen LogP contribution in [0.2, 0.25) is 0 Å². The van der Waals surface area contributed by atoms with Crippen molar-refractivity contribution in [2.75, 3.05) is 5.73 Å². The molecule has 4 nitrogen and oxygen atoms in total. The van der Waals surface area contributed by atoms with Crippen LogP contribution in [-0.4, -0.2) is 4.57 Å². The van der Waals surface area contributed by atoms with E-state index in [1.165, 1.54) is 16.7 Å². The lowest BCUT2D eigenvalue weighted by Crippen LogP contribution is -2.21. The van der Waals surface area contributed by atoms with Crippen molar-refractivity contribution < 1.29 is 4.39 Å². The number of pyridine rings is 1. The third kappa shape index (κ3) is 2.03. The van der Waals surface area contributed by atoms with Crippen LogP contribution in [0, 0.1) is 17.1 Å². The number of nitrogens with two attached hydrogens (primary N) is 1. The summed E-state index contributed by atoms with van der Waals surface area (Å²) in [7, 11) is 0. The molecule has 0 amide bonds. The Kier molecular flexibility index (Phi) is 2.92. The Labute approximate surface area is 119 Å². The molecule has 21 heavy (non-hydrogen) atoms. The fourth-order valence-electron chi connectivity index (χ4n) is 2.28. The van der Waals surface area contributed by atoms with Crippen LogP contribution >= 0.6 is 0 Å². The minimum Gasteiger partial charge on any atom is -0.385 e. The van der Waals surface area contributed by atoms with Crippen LogP contribution in [-0.2, 0) is 0 Å². The van der Waals surface area contributed by atoms with Crippen LogP contribution in [0.15, 0.2) is 53.3 Å². The quantitative estimate of drug-likeness (QED) is 0.744. The highest BCUT2D eigenvalue weighted by Crippen LogP contribution is 2.19. The van der Waals surface area contributed by atoms with Gasteiger partial charge >= 0.3 is 0 Å². The van der Waals surface area contributed by atoms with Gasteiger partial charge < -0.3 is 5.73 Å². The largest absolute Gasteiger partial charge is 0.385 e. The van der Waals surface area contributed by atoms with Gasteiger partial charge in [0.2, 0.25) is 0 Å². The molecule has 1 aromatic heterocycles. The maximum atomic E-state index is 13.4. The van der Waals surface area contributed by atoms with Crippen molar-refractivity contribution in [1.82, 2.24) is 4.57 Å². The van der Waals surface area contributed by atoms with Crippen molar-refractivity contribution >= 4 is 16.6 Å². The third-order valence-corrected chi connectivity index (χ3v) is 3.28. The number of hydrogen-bond donors (Lipinski definition) is 1. The molecule has 0 unspecified atom stereocenters. The maximum Gasteiger partial charge on any atom is 0.264 e. The lowest BCUT2D eigenvalue weighted by molar-refractivity contribution is 0.623. The smallest absolute Gasteiger partial charge is 0.264 e. The molecule has 102 valence electrons. The van der Waals surface area contributed by atoms with Gasteiger partial charge in [0, 0.05) is 5.39 Å². The van der Waals surface area contributed by atoms with Crippen molar-refractivity contribution in [2.45, 2.75) is 0 Å². The molecule has 1 heterocycles. The zero-order chi connectivity index (χ0) is 15.0. The molecule has 5 heteroatoms. The molecular formula is C16H10FN3O. The third-order valence-electron chi connectivity index (χ3n) is 3.28. The summed E-state index contributed by atoms with van der Waals surface area (Å²) in [5.74, 6) is -0.400. The first kappa shape index (κ1) is 12.9. The Balaban J connectivity index is 2.36. The minimum absolute atomic E-state index is 0.132. The predicted molar refractivity (Wildman–Crippen MR) is 78.6 cm³/mol. The summed E-state index contributed by atoms with van der Waals surface area (Å²) in [4.78, 5) is 12.5. The number of hydrogen-bond acceptors (Lipinski definition) is 3. The first-order valence-electron chi connectivity index (χ1n) is 6.22. The average molecular weight is 279 g/mol. The van der Waals surface area contributed by atoms with Crippen molar-refractivity contribution in [1.29, 1.82) is 5.26 Å². The second-order valence-electron chi connectivity index (χ2n) is 4.57. The van der Waals surface area contributed by atoms with Gasteiger partial charge in [0.25, 0.3) is 5.56 Å². The second kappa shape index (κ2) is 4.76. The number of rotatable bonds is 1. The van der Waals surface area contributed by atoms with E-state index in [4.69, 9.17) is 11.0 Å². The van der Waals surface area contributed by atoms with Gasteiger partial charge in [0.15, 0.2) is 0 Å². The Hall–Kier alpha value is -3.13. The van der Waals surface area contributed by atoms with E-state index in [0.29, 0.717) is 11.1 Å². The number of aromatic nitrogens is 1. The predicted octanol–water partition coefficient (Wildman–Crippen LogP) is 2.58. The summed E-state index contributed by atoms with van der Waals surface area (Å²) in [5.41, 5.74) is 5.86. The Morgan fingerprint density at radius 3 is 2.67 bits per heavy atom. The average Bonchev–Trinajstić information content (AvgIpc) is 2.49. The first-order valence-corrected chi connectivity index (χ1v) is 6.22. The molecule has 0 aliphatic heterocycles. The maximum absolute atomic E-state index is 13.4. The van der Waals surface area contributed by atoms with Gasteiger partial charge in [-0.1, -0.05) is 18.2 Å². The summed E-state index contributed by atoms with van der Waals surface area (Å²) in [6.07, 6.45) is 0. The molecule has 0 saturated carbocycles. The van der Waals surface area contributed by atoms with Crippen LogP contribution < -0.4 is 11.3 Å². The molecule has 0 aliphatic rings. The van der Waals surface area contributed by atoms with Crippen LogP contribution in [0.5, 0.6) is 0 Å². The Bertz CT molecular complexity index is 954. The molecular weight excluding hydrogens is 269 g/mol. The first-order chi connectivity index (χ1) is 10.1. The molecule has 0 bridgehead atoms. The van der Waals surface area contributed by atoms with Gasteiger partial charge in [0.1, 0.15) is 17.7 Å². The summed E-state index contributed by atoms with van der Waals surface area (Å²) in [6, 6.07) is 14.4. The molecule has 3 aromatic rings. The SMILES string of the molecule is N#Cc1cc(-n2c(N)cc3ccccc3c2=O)ccc1F.